The largest absolute Gasteiger partial charge is 0.493 e. The number of nitrogens with zero attached hydrogens (tertiary/aromatic N) is 2. The topological polar surface area (TPSA) is 54.0 Å². The molecule has 2 aromatic rings. The van der Waals surface area contributed by atoms with Crippen molar-refractivity contribution in [1.29, 1.82) is 0 Å². The zero-order valence-corrected chi connectivity index (χ0v) is 17.1. The van der Waals surface area contributed by atoms with E-state index in [0.717, 1.165) is 31.9 Å². The number of hydrogen-bond acceptors (Lipinski definition) is 5. The predicted octanol–water partition coefficient (Wildman–Crippen LogP) is 3.49. The SMILES string of the molecule is COc1cc(C(=O)Nc2ccc(N3CCN(C)CC3)cc2)ccc1OC(C)C. The highest BCUT2D eigenvalue weighted by Gasteiger charge is 2.15. The van der Waals surface area contributed by atoms with Crippen molar-refractivity contribution in [3.05, 3.63) is 48.0 Å². The number of piperazine rings is 1. The molecule has 150 valence electrons. The smallest absolute Gasteiger partial charge is 0.255 e. The standard InChI is InChI=1S/C22H29N3O3/c1-16(2)28-20-10-5-17(15-21(20)27-4)22(26)23-18-6-8-19(9-7-18)25-13-11-24(3)12-14-25/h5-10,15-16H,11-14H2,1-4H3,(H,23,26). The van der Waals surface area contributed by atoms with Crippen LogP contribution in [0.1, 0.15) is 24.2 Å². The Bertz CT molecular complexity index is 797. The molecule has 3 rings (SSSR count). The maximum Gasteiger partial charge on any atom is 0.255 e. The Labute approximate surface area is 167 Å². The van der Waals surface area contributed by atoms with E-state index in [1.165, 1.54) is 5.69 Å². The molecular weight excluding hydrogens is 354 g/mol. The lowest BCUT2D eigenvalue weighted by Crippen LogP contribution is -2.44. The molecule has 0 aliphatic carbocycles. The summed E-state index contributed by atoms with van der Waals surface area (Å²) in [5.41, 5.74) is 2.48. The van der Waals surface area contributed by atoms with E-state index in [2.05, 4.69) is 34.3 Å². The molecule has 6 heteroatoms. The predicted molar refractivity (Wildman–Crippen MR) is 113 cm³/mol. The number of nitrogens with one attached hydrogen (secondary N) is 1. The van der Waals surface area contributed by atoms with Crippen molar-refractivity contribution in [1.82, 2.24) is 4.90 Å². The molecule has 0 radical (unpaired) electrons. The second-order valence-electron chi connectivity index (χ2n) is 7.32. The monoisotopic (exact) mass is 383 g/mol. The van der Waals surface area contributed by atoms with Crippen LogP contribution >= 0.6 is 0 Å². The van der Waals surface area contributed by atoms with Gasteiger partial charge in [-0.15, -0.1) is 0 Å². The summed E-state index contributed by atoms with van der Waals surface area (Å²) in [6.45, 7) is 8.07. The van der Waals surface area contributed by atoms with Crippen molar-refractivity contribution >= 4 is 17.3 Å². The van der Waals surface area contributed by atoms with E-state index in [9.17, 15) is 4.79 Å². The normalized spacial score (nSPS) is 14.8. The third-order valence-electron chi connectivity index (χ3n) is 4.78. The van der Waals surface area contributed by atoms with Gasteiger partial charge in [-0.05, 0) is 63.4 Å². The van der Waals surface area contributed by atoms with Crippen LogP contribution in [0.5, 0.6) is 11.5 Å². The van der Waals surface area contributed by atoms with Crippen molar-refractivity contribution in [3.8, 4) is 11.5 Å². The van der Waals surface area contributed by atoms with Gasteiger partial charge < -0.3 is 24.6 Å². The van der Waals surface area contributed by atoms with Gasteiger partial charge in [-0.25, -0.2) is 0 Å². The number of ether oxygens (including phenoxy) is 2. The maximum absolute atomic E-state index is 12.6. The van der Waals surface area contributed by atoms with E-state index in [1.54, 1.807) is 25.3 Å². The lowest BCUT2D eigenvalue weighted by Gasteiger charge is -2.34. The molecule has 1 saturated heterocycles. The Balaban J connectivity index is 1.66. The second-order valence-corrected chi connectivity index (χ2v) is 7.32. The first-order chi connectivity index (χ1) is 13.5. The molecule has 1 N–H and O–H groups in total. The molecule has 0 atom stereocenters. The average molecular weight is 383 g/mol. The first kappa shape index (κ1) is 20.0. The third-order valence-corrected chi connectivity index (χ3v) is 4.78. The number of rotatable bonds is 6. The van der Waals surface area contributed by atoms with Crippen LogP contribution in [-0.4, -0.2) is 57.2 Å². The van der Waals surface area contributed by atoms with E-state index >= 15 is 0 Å². The number of likely N-dealkylation sites (N-methyl/N-ethyl adjacent to an activating group) is 1. The first-order valence-electron chi connectivity index (χ1n) is 9.66. The van der Waals surface area contributed by atoms with E-state index in [0.29, 0.717) is 17.1 Å². The fourth-order valence-corrected chi connectivity index (χ4v) is 3.18. The van der Waals surface area contributed by atoms with Gasteiger partial charge in [0.2, 0.25) is 0 Å². The van der Waals surface area contributed by atoms with Crippen LogP contribution in [0.3, 0.4) is 0 Å². The highest BCUT2D eigenvalue weighted by Crippen LogP contribution is 2.29. The van der Waals surface area contributed by atoms with Gasteiger partial charge in [0, 0.05) is 43.1 Å². The summed E-state index contributed by atoms with van der Waals surface area (Å²) in [7, 11) is 3.72. The molecule has 28 heavy (non-hydrogen) atoms. The lowest BCUT2D eigenvalue weighted by molar-refractivity contribution is 0.102. The number of carbonyl (C=O) groups excluding carboxylic acids is 1. The van der Waals surface area contributed by atoms with Crippen molar-refractivity contribution in [3.63, 3.8) is 0 Å². The molecular formula is C22H29N3O3. The average Bonchev–Trinajstić information content (AvgIpc) is 2.69. The van der Waals surface area contributed by atoms with Crippen molar-refractivity contribution in [2.45, 2.75) is 20.0 Å². The van der Waals surface area contributed by atoms with Crippen LogP contribution in [-0.2, 0) is 0 Å². The van der Waals surface area contributed by atoms with Crippen LogP contribution in [0.4, 0.5) is 11.4 Å². The summed E-state index contributed by atoms with van der Waals surface area (Å²) in [4.78, 5) is 17.3. The molecule has 0 bridgehead atoms. The van der Waals surface area contributed by atoms with E-state index in [1.807, 2.05) is 26.0 Å². The van der Waals surface area contributed by atoms with Crippen LogP contribution < -0.4 is 19.7 Å². The van der Waals surface area contributed by atoms with Gasteiger partial charge in [-0.1, -0.05) is 0 Å². The Morgan fingerprint density at radius 1 is 1.00 bits per heavy atom. The number of methoxy groups -OCH3 is 1. The minimum atomic E-state index is -0.179. The number of hydrogen-bond donors (Lipinski definition) is 1. The van der Waals surface area contributed by atoms with Crippen LogP contribution in [0.2, 0.25) is 0 Å². The molecule has 1 heterocycles. The number of anilines is 2. The van der Waals surface area contributed by atoms with Gasteiger partial charge in [-0.3, -0.25) is 4.79 Å². The third kappa shape index (κ3) is 4.95. The molecule has 0 aromatic heterocycles. The molecule has 1 aliphatic rings. The fraction of sp³-hybridized carbons (Fsp3) is 0.409. The zero-order valence-electron chi connectivity index (χ0n) is 17.1. The highest BCUT2D eigenvalue weighted by molar-refractivity contribution is 6.04. The van der Waals surface area contributed by atoms with Crippen molar-refractivity contribution in [2.75, 3.05) is 50.6 Å². The molecule has 2 aromatic carbocycles. The Morgan fingerprint density at radius 3 is 2.29 bits per heavy atom. The van der Waals surface area contributed by atoms with E-state index in [4.69, 9.17) is 9.47 Å². The number of benzene rings is 2. The van der Waals surface area contributed by atoms with Gasteiger partial charge in [-0.2, -0.15) is 0 Å². The minimum absolute atomic E-state index is 0.0346. The second kappa shape index (κ2) is 8.97. The number of amides is 1. The zero-order chi connectivity index (χ0) is 20.1. The van der Waals surface area contributed by atoms with Crippen molar-refractivity contribution in [2.24, 2.45) is 0 Å². The highest BCUT2D eigenvalue weighted by atomic mass is 16.5. The molecule has 0 spiro atoms. The summed E-state index contributed by atoms with van der Waals surface area (Å²) in [5, 5.41) is 2.94. The molecule has 1 aliphatic heterocycles. The minimum Gasteiger partial charge on any atom is -0.493 e. The Kier molecular flexibility index (Phi) is 6.41. The van der Waals surface area contributed by atoms with Gasteiger partial charge in [0.1, 0.15) is 0 Å². The van der Waals surface area contributed by atoms with Gasteiger partial charge in [0.15, 0.2) is 11.5 Å². The summed E-state index contributed by atoms with van der Waals surface area (Å²) in [5.74, 6) is 0.999. The lowest BCUT2D eigenvalue weighted by atomic mass is 10.1. The molecule has 0 saturated carbocycles. The summed E-state index contributed by atoms with van der Waals surface area (Å²) >= 11 is 0. The first-order valence-corrected chi connectivity index (χ1v) is 9.66. The van der Waals surface area contributed by atoms with Crippen LogP contribution in [0.15, 0.2) is 42.5 Å². The van der Waals surface area contributed by atoms with Gasteiger partial charge in [0.05, 0.1) is 13.2 Å². The summed E-state index contributed by atoms with van der Waals surface area (Å²) < 4.78 is 11.1. The van der Waals surface area contributed by atoms with Gasteiger partial charge in [0.25, 0.3) is 5.91 Å². The Morgan fingerprint density at radius 2 is 1.68 bits per heavy atom. The number of carbonyl (C=O) groups is 1. The fourth-order valence-electron chi connectivity index (χ4n) is 3.18. The van der Waals surface area contributed by atoms with Crippen molar-refractivity contribution < 1.29 is 14.3 Å². The molecule has 6 nitrogen and oxygen atoms in total. The molecule has 0 unspecified atom stereocenters. The van der Waals surface area contributed by atoms with Crippen LogP contribution in [0.25, 0.3) is 0 Å². The maximum atomic E-state index is 12.6. The molecule has 1 amide bonds. The van der Waals surface area contributed by atoms with E-state index < -0.39 is 0 Å². The summed E-state index contributed by atoms with van der Waals surface area (Å²) in [6.07, 6.45) is 0.0346. The van der Waals surface area contributed by atoms with Crippen LogP contribution in [0, 0.1) is 0 Å². The molecule has 1 fully saturated rings. The van der Waals surface area contributed by atoms with Gasteiger partial charge >= 0.3 is 0 Å². The van der Waals surface area contributed by atoms with E-state index in [-0.39, 0.29) is 12.0 Å². The Hall–Kier alpha value is -2.73. The quantitative estimate of drug-likeness (QED) is 0.828. The summed E-state index contributed by atoms with van der Waals surface area (Å²) in [6, 6.07) is 13.2.